The van der Waals surface area contributed by atoms with Gasteiger partial charge in [0.2, 0.25) is 5.88 Å². The summed E-state index contributed by atoms with van der Waals surface area (Å²) in [7, 11) is 3.06. The molecule has 2 N–H and O–H groups in total. The molecule has 0 bridgehead atoms. The molecule has 4 aromatic heterocycles. The van der Waals surface area contributed by atoms with E-state index in [9.17, 15) is 33.6 Å². The molecule has 1 unspecified atom stereocenters. The van der Waals surface area contributed by atoms with E-state index in [1.165, 1.54) is 44.1 Å². The summed E-state index contributed by atoms with van der Waals surface area (Å²) in [5, 5.41) is 0.658. The number of Topliss-reactive ketones (excluding diaryl/α,β-unsaturated/α-hetero) is 4. The van der Waals surface area contributed by atoms with Crippen molar-refractivity contribution in [3.63, 3.8) is 0 Å². The lowest BCUT2D eigenvalue weighted by molar-refractivity contribution is -0.244. The number of esters is 1. The Bertz CT molecular complexity index is 4400. The number of hydrogen-bond acceptors (Lipinski definition) is 19. The highest BCUT2D eigenvalue weighted by molar-refractivity contribution is 6.30. The lowest BCUT2D eigenvalue weighted by Crippen LogP contribution is -2.58. The zero-order valence-corrected chi connectivity index (χ0v) is 67.4. The molecule has 16 atom stereocenters. The fourth-order valence-electron chi connectivity index (χ4n) is 23.7. The first-order valence-electron chi connectivity index (χ1n) is 42.1. The minimum Gasteiger partial charge on any atom is -0.481 e. The Hall–Kier alpha value is -6.00. The van der Waals surface area contributed by atoms with Crippen LogP contribution in [0.2, 0.25) is 5.15 Å². The third kappa shape index (κ3) is 13.3. The van der Waals surface area contributed by atoms with Crippen molar-refractivity contribution >= 4 is 40.7 Å². The van der Waals surface area contributed by atoms with Crippen molar-refractivity contribution in [1.29, 1.82) is 0 Å². The molecule has 2 saturated heterocycles. The molecule has 22 heteroatoms. The third-order valence-corrected chi connectivity index (χ3v) is 31.7. The Morgan fingerprint density at radius 3 is 1.19 bits per heavy atom. The number of rotatable bonds is 6. The van der Waals surface area contributed by atoms with E-state index in [1.807, 2.05) is 6.92 Å². The van der Waals surface area contributed by atoms with Gasteiger partial charge in [0, 0.05) is 135 Å². The van der Waals surface area contributed by atoms with Crippen LogP contribution in [0.5, 0.6) is 5.88 Å². The summed E-state index contributed by atoms with van der Waals surface area (Å²) in [5.74, 6) is 8.52. The fourth-order valence-corrected chi connectivity index (χ4v) is 24.0. The standard InChI is InChI=1S/C19H26N2O3.C18H24N2O2.C17H21ClN2O.C17H22N2O2.C16H24O5/c1-11-14-6-5-13-15(20-16(12-3-4-12)21-17(13)22)18(14,2)7-8-19(11)23-9-10-24-19;1-10-13-7-6-12-15(18(13,2)9-8-14(10)21)19-16(11-4-5-11)20-17(12)22-3;1-9-12-6-5-11-14(17(12,2)8-7-13(9)21)19-16(10-3-4-10)20-15(11)18;1-9-12-6-5-11-14(17(12,2)8-7-13(9)20)18-15(10-3-4-10)19-16(11)21;1-10-12-5-4-11(14(18)19-3)13(17)15(12,2)6-7-16(10)20-8-9-21-16/h11-12,14H,3-10H2,1-2H3,(H,20,21,22);10-11,13H,4-9H2,1-3H3;9-10,12H,3-8H2,1-2H3;9-10,12H,3-8H2,1-2H3,(H,18,19,21);10-12H,4-9H2,1-3H3/t11-,14-,18-;10-,13-,18-;2*9-,12-,17-;10-,11?,12-,15-/m00000/s1. The summed E-state index contributed by atoms with van der Waals surface area (Å²) in [6, 6.07) is 0. The molecule has 6 heterocycles. The van der Waals surface area contributed by atoms with Gasteiger partial charge in [-0.3, -0.25) is 33.6 Å². The maximum Gasteiger partial charge on any atom is 0.316 e. The number of carbonyl (C=O) groups excluding carboxylic acids is 5. The molecule has 2 spiro atoms. The van der Waals surface area contributed by atoms with Crippen molar-refractivity contribution in [3.8, 4) is 5.88 Å². The van der Waals surface area contributed by atoms with Crippen molar-refractivity contribution in [2.75, 3.05) is 40.6 Å². The lowest BCUT2D eigenvalue weighted by Gasteiger charge is -2.54. The second-order valence-electron chi connectivity index (χ2n) is 37.4. The highest BCUT2D eigenvalue weighted by Gasteiger charge is 2.63. The number of methoxy groups -OCH3 is 2. The van der Waals surface area contributed by atoms with Gasteiger partial charge in [0.25, 0.3) is 11.1 Å². The van der Waals surface area contributed by atoms with Crippen LogP contribution < -0.4 is 15.9 Å². The van der Waals surface area contributed by atoms with Crippen LogP contribution >= 0.6 is 11.6 Å². The molecule has 0 amide bonds. The van der Waals surface area contributed by atoms with Crippen LogP contribution in [-0.4, -0.2) is 121 Å². The Morgan fingerprint density at radius 2 is 0.771 bits per heavy atom. The van der Waals surface area contributed by atoms with Crippen LogP contribution in [0.1, 0.15) is 315 Å². The zero-order valence-electron chi connectivity index (χ0n) is 66.7. The number of nitrogens with one attached hydrogen (secondary N) is 2. The highest BCUT2D eigenvalue weighted by Crippen LogP contribution is 2.61. The molecule has 109 heavy (non-hydrogen) atoms. The number of halogens is 1. The number of hydrogen-bond donors (Lipinski definition) is 2. The van der Waals surface area contributed by atoms with Crippen LogP contribution in [-0.2, 0) is 95.0 Å². The molecular weight excluding hydrogens is 1400 g/mol. The van der Waals surface area contributed by atoms with Crippen LogP contribution in [0.3, 0.4) is 0 Å². The zero-order chi connectivity index (χ0) is 76.8. The predicted molar refractivity (Wildman–Crippen MR) is 408 cm³/mol. The van der Waals surface area contributed by atoms with Gasteiger partial charge in [0.15, 0.2) is 17.4 Å². The summed E-state index contributed by atoms with van der Waals surface area (Å²) < 4.78 is 34.3. The van der Waals surface area contributed by atoms with E-state index in [2.05, 4.69) is 82.2 Å². The van der Waals surface area contributed by atoms with Gasteiger partial charge >= 0.3 is 5.97 Å². The van der Waals surface area contributed by atoms with Gasteiger partial charge in [0.05, 0.1) is 63.4 Å². The molecule has 12 fully saturated rings. The monoisotopic (exact) mass is 1520 g/mol. The van der Waals surface area contributed by atoms with Gasteiger partial charge < -0.3 is 38.4 Å². The summed E-state index contributed by atoms with van der Waals surface area (Å²) in [6.07, 6.45) is 26.2. The molecule has 0 aromatic carbocycles. The Balaban J connectivity index is 0.000000104. The normalized spacial score (nSPS) is 36.7. The van der Waals surface area contributed by atoms with E-state index in [-0.39, 0.29) is 74.1 Å². The number of aromatic amines is 2. The van der Waals surface area contributed by atoms with E-state index in [0.29, 0.717) is 134 Å². The quantitative estimate of drug-likeness (QED) is 0.103. The number of ketones is 4. The van der Waals surface area contributed by atoms with E-state index in [1.54, 1.807) is 7.11 Å². The number of nitrogens with zero attached hydrogens (tertiary/aromatic N) is 6. The summed E-state index contributed by atoms with van der Waals surface area (Å²) in [4.78, 5) is 121. The van der Waals surface area contributed by atoms with Gasteiger partial charge in [-0.25, -0.2) is 24.9 Å². The third-order valence-electron chi connectivity index (χ3n) is 31.4. The number of fused-ring (bicyclic) bond motifs is 13. The summed E-state index contributed by atoms with van der Waals surface area (Å²) in [6.45, 7) is 24.5. The Morgan fingerprint density at radius 1 is 0.404 bits per heavy atom. The molecule has 14 aliphatic carbocycles. The number of aromatic nitrogens is 8. The number of carbonyl (C=O) groups is 5. The molecule has 4 aromatic rings. The van der Waals surface area contributed by atoms with E-state index in [4.69, 9.17) is 60.0 Å². The first-order valence-corrected chi connectivity index (χ1v) is 42.5. The molecule has 21 nitrogen and oxygen atoms in total. The van der Waals surface area contributed by atoms with E-state index >= 15 is 0 Å². The molecule has 16 aliphatic rings. The first kappa shape index (κ1) is 77.0. The molecule has 590 valence electrons. The average Bonchev–Trinajstić information content (AvgIpc) is 1.71. The van der Waals surface area contributed by atoms with Crippen LogP contribution in [0.25, 0.3) is 0 Å². The van der Waals surface area contributed by atoms with Gasteiger partial charge in [-0.1, -0.05) is 80.8 Å². The van der Waals surface area contributed by atoms with Gasteiger partial charge in [-0.05, 0) is 177 Å². The minimum atomic E-state index is -0.595. The Kier molecular flexibility index (Phi) is 20.4. The fraction of sp³-hybridized carbons (Fsp3) is 0.759. The number of ether oxygens (including phenoxy) is 6. The van der Waals surface area contributed by atoms with Crippen molar-refractivity contribution in [1.82, 2.24) is 39.9 Å². The van der Waals surface area contributed by atoms with Gasteiger partial charge in [0.1, 0.15) is 51.7 Å². The van der Waals surface area contributed by atoms with E-state index in [0.717, 1.165) is 185 Å². The molecular formula is C87H117ClN8O13. The molecule has 20 rings (SSSR count). The number of H-pyrrole nitrogens is 2. The van der Waals surface area contributed by atoms with Crippen molar-refractivity contribution in [2.24, 2.45) is 70.5 Å². The minimum absolute atomic E-state index is 0.000764. The smallest absolute Gasteiger partial charge is 0.316 e. The molecule has 0 radical (unpaired) electrons. The Labute approximate surface area is 646 Å². The molecule has 2 aliphatic heterocycles. The van der Waals surface area contributed by atoms with Crippen molar-refractivity contribution in [3.05, 3.63) is 94.2 Å². The average molecular weight is 1520 g/mol. The topological polar surface area (TPSA) is 284 Å². The lowest BCUT2D eigenvalue weighted by atomic mass is 9.53. The predicted octanol–water partition coefficient (Wildman–Crippen LogP) is 14.0. The second kappa shape index (κ2) is 28.8. The largest absolute Gasteiger partial charge is 0.481 e. The SMILES string of the molecule is COC(=O)C1CC[C@H]2[C@H](C)C3(CC[C@]2(C)C1=O)OCCO3.COc1nc(C2CC2)nc2c1CC[C@H]1[C@H](C)C(=O)CC[C@]21C.C[C@@H]1C(=O)CC[C@]2(C)c3nc(C4CC4)[nH]c(=O)c3CC[C@@H]12.C[C@@H]1C(=O)CC[C@]2(C)c3nc(C4CC4)nc(Cl)c3CC[C@@H]12.C[C@H]1[C@@H]2CCc3c(nc(C4CC4)[nH]c3=O)[C@@]2(C)CCC12OCCO2. The van der Waals surface area contributed by atoms with Crippen molar-refractivity contribution in [2.45, 2.75) is 306 Å². The van der Waals surface area contributed by atoms with Crippen LogP contribution in [0, 0.1) is 70.5 Å². The van der Waals surface area contributed by atoms with E-state index < -0.39 is 22.9 Å². The highest BCUT2D eigenvalue weighted by atomic mass is 35.5. The first-order chi connectivity index (χ1) is 52.0. The summed E-state index contributed by atoms with van der Waals surface area (Å²) >= 11 is 6.46. The van der Waals surface area contributed by atoms with Gasteiger partial charge in [-0.2, -0.15) is 4.98 Å². The second-order valence-corrected chi connectivity index (χ2v) is 37.8. The summed E-state index contributed by atoms with van der Waals surface area (Å²) in [5.41, 5.74) is 8.10. The van der Waals surface area contributed by atoms with Crippen LogP contribution in [0.15, 0.2) is 9.59 Å². The maximum absolute atomic E-state index is 12.8. The van der Waals surface area contributed by atoms with Crippen molar-refractivity contribution < 1.29 is 52.4 Å². The molecule has 10 saturated carbocycles. The van der Waals surface area contributed by atoms with Gasteiger partial charge in [-0.15, -0.1) is 0 Å². The maximum atomic E-state index is 12.8. The van der Waals surface area contributed by atoms with Crippen LogP contribution in [0.4, 0.5) is 0 Å².